The van der Waals surface area contributed by atoms with Crippen LogP contribution in [0.5, 0.6) is 5.75 Å². The van der Waals surface area contributed by atoms with Crippen LogP contribution in [-0.2, 0) is 4.79 Å². The average molecular weight is 334 g/mol. The van der Waals surface area contributed by atoms with Gasteiger partial charge in [0.15, 0.2) is 0 Å². The Labute approximate surface area is 148 Å². The molecule has 2 aromatic rings. The first kappa shape index (κ1) is 18.3. The minimum Gasteiger partial charge on any atom is -0.494 e. The van der Waals surface area contributed by atoms with Crippen LogP contribution in [0.15, 0.2) is 54.1 Å². The Morgan fingerprint density at radius 1 is 1.24 bits per heavy atom. The number of hydrogen-bond acceptors (Lipinski definition) is 3. The summed E-state index contributed by atoms with van der Waals surface area (Å²) in [5.41, 5.74) is 2.55. The van der Waals surface area contributed by atoms with Crippen molar-refractivity contribution in [1.29, 1.82) is 5.26 Å². The maximum atomic E-state index is 12.3. The molecule has 0 unspecified atom stereocenters. The predicted molar refractivity (Wildman–Crippen MR) is 100 cm³/mol. The van der Waals surface area contributed by atoms with E-state index < -0.39 is 5.91 Å². The molecular formula is C21H22N2O2. The second-order valence-electron chi connectivity index (χ2n) is 5.76. The number of aryl methyl sites for hydroxylation is 1. The summed E-state index contributed by atoms with van der Waals surface area (Å²) >= 11 is 0. The van der Waals surface area contributed by atoms with E-state index in [-0.39, 0.29) is 5.57 Å². The quantitative estimate of drug-likeness (QED) is 0.453. The maximum absolute atomic E-state index is 12.3. The Balaban J connectivity index is 2.06. The van der Waals surface area contributed by atoms with E-state index in [1.807, 2.05) is 55.5 Å². The summed E-state index contributed by atoms with van der Waals surface area (Å²) < 4.78 is 5.61. The van der Waals surface area contributed by atoms with Gasteiger partial charge < -0.3 is 10.1 Å². The number of anilines is 1. The van der Waals surface area contributed by atoms with Crippen molar-refractivity contribution in [2.24, 2.45) is 0 Å². The number of amides is 1. The summed E-state index contributed by atoms with van der Waals surface area (Å²) in [6, 6.07) is 16.8. The molecule has 0 fully saturated rings. The summed E-state index contributed by atoms with van der Waals surface area (Å²) in [5.74, 6) is 0.365. The third-order valence-corrected chi connectivity index (χ3v) is 3.60. The van der Waals surface area contributed by atoms with Crippen LogP contribution in [0.25, 0.3) is 6.08 Å². The van der Waals surface area contributed by atoms with E-state index in [9.17, 15) is 10.1 Å². The molecule has 2 aromatic carbocycles. The maximum Gasteiger partial charge on any atom is 0.266 e. The van der Waals surface area contributed by atoms with Crippen molar-refractivity contribution in [1.82, 2.24) is 0 Å². The van der Waals surface area contributed by atoms with Crippen LogP contribution in [0.4, 0.5) is 5.69 Å². The van der Waals surface area contributed by atoms with Crippen LogP contribution >= 0.6 is 0 Å². The van der Waals surface area contributed by atoms with Gasteiger partial charge in [0.25, 0.3) is 5.91 Å². The first-order chi connectivity index (χ1) is 12.1. The fourth-order valence-electron chi connectivity index (χ4n) is 2.23. The fraction of sp³-hybridized carbons (Fsp3) is 0.238. The molecule has 0 saturated heterocycles. The summed E-state index contributed by atoms with van der Waals surface area (Å²) in [5, 5.41) is 12.0. The lowest BCUT2D eigenvalue weighted by atomic mass is 10.1. The zero-order valence-corrected chi connectivity index (χ0v) is 14.6. The molecule has 128 valence electrons. The molecule has 0 aliphatic heterocycles. The topological polar surface area (TPSA) is 62.1 Å². The molecule has 1 amide bonds. The number of benzene rings is 2. The molecule has 0 saturated carbocycles. The van der Waals surface area contributed by atoms with E-state index in [1.54, 1.807) is 12.1 Å². The largest absolute Gasteiger partial charge is 0.494 e. The number of hydrogen-bond donors (Lipinski definition) is 1. The number of carbonyl (C=O) groups excluding carboxylic acids is 1. The minimum absolute atomic E-state index is 0.0566. The Morgan fingerprint density at radius 2 is 2.00 bits per heavy atom. The second kappa shape index (κ2) is 9.29. The molecule has 2 rings (SSSR count). The second-order valence-corrected chi connectivity index (χ2v) is 5.76. The number of carbonyl (C=O) groups is 1. The summed E-state index contributed by atoms with van der Waals surface area (Å²) in [4.78, 5) is 12.3. The zero-order valence-electron chi connectivity index (χ0n) is 14.6. The van der Waals surface area contributed by atoms with E-state index in [2.05, 4.69) is 12.2 Å². The van der Waals surface area contributed by atoms with Crippen molar-refractivity contribution >= 4 is 17.7 Å². The molecule has 0 atom stereocenters. The SMILES string of the molecule is CCCCOc1ccc(/C=C(\C#N)C(=O)Nc2cccc(C)c2)cc1. The van der Waals surface area contributed by atoms with Crippen molar-refractivity contribution in [3.8, 4) is 11.8 Å². The van der Waals surface area contributed by atoms with Gasteiger partial charge in [-0.3, -0.25) is 4.79 Å². The lowest BCUT2D eigenvalue weighted by Crippen LogP contribution is -2.13. The molecule has 0 aliphatic rings. The molecule has 0 heterocycles. The highest BCUT2D eigenvalue weighted by Gasteiger charge is 2.09. The summed E-state index contributed by atoms with van der Waals surface area (Å²) in [7, 11) is 0. The molecule has 1 N–H and O–H groups in total. The van der Waals surface area contributed by atoms with Gasteiger partial charge in [0, 0.05) is 5.69 Å². The number of unbranched alkanes of at least 4 members (excludes halogenated alkanes) is 1. The van der Waals surface area contributed by atoms with Crippen LogP contribution < -0.4 is 10.1 Å². The van der Waals surface area contributed by atoms with E-state index in [0.29, 0.717) is 12.3 Å². The molecule has 0 bridgehead atoms. The number of nitriles is 1. The van der Waals surface area contributed by atoms with Crippen LogP contribution in [0.1, 0.15) is 30.9 Å². The highest BCUT2D eigenvalue weighted by molar-refractivity contribution is 6.09. The lowest BCUT2D eigenvalue weighted by Gasteiger charge is -2.06. The first-order valence-corrected chi connectivity index (χ1v) is 8.35. The first-order valence-electron chi connectivity index (χ1n) is 8.35. The molecule has 0 aromatic heterocycles. The molecule has 4 heteroatoms. The summed E-state index contributed by atoms with van der Waals surface area (Å²) in [6.45, 7) is 4.75. The van der Waals surface area contributed by atoms with E-state index in [1.165, 1.54) is 0 Å². The van der Waals surface area contributed by atoms with Crippen molar-refractivity contribution < 1.29 is 9.53 Å². The van der Waals surface area contributed by atoms with Gasteiger partial charge >= 0.3 is 0 Å². The highest BCUT2D eigenvalue weighted by Crippen LogP contribution is 2.16. The van der Waals surface area contributed by atoms with Crippen LogP contribution in [0.3, 0.4) is 0 Å². The highest BCUT2D eigenvalue weighted by atomic mass is 16.5. The number of nitrogens with zero attached hydrogens (tertiary/aromatic N) is 1. The predicted octanol–water partition coefficient (Wildman–Crippen LogP) is 4.72. The van der Waals surface area contributed by atoms with E-state index in [4.69, 9.17) is 4.74 Å². The van der Waals surface area contributed by atoms with Gasteiger partial charge in [0.2, 0.25) is 0 Å². The molecule has 4 nitrogen and oxygen atoms in total. The zero-order chi connectivity index (χ0) is 18.1. The van der Waals surface area contributed by atoms with Gasteiger partial charge in [0.05, 0.1) is 6.61 Å². The van der Waals surface area contributed by atoms with Crippen molar-refractivity contribution in [2.45, 2.75) is 26.7 Å². The summed E-state index contributed by atoms with van der Waals surface area (Å²) in [6.07, 6.45) is 3.67. The normalized spacial score (nSPS) is 10.8. The number of nitrogens with one attached hydrogen (secondary N) is 1. The third-order valence-electron chi connectivity index (χ3n) is 3.60. The van der Waals surface area contributed by atoms with Gasteiger partial charge in [-0.05, 0) is 54.8 Å². The van der Waals surface area contributed by atoms with Crippen molar-refractivity contribution in [2.75, 3.05) is 11.9 Å². The van der Waals surface area contributed by atoms with Gasteiger partial charge in [-0.15, -0.1) is 0 Å². The molecule has 25 heavy (non-hydrogen) atoms. The minimum atomic E-state index is -0.420. The Kier molecular flexibility index (Phi) is 6.79. The molecule has 0 radical (unpaired) electrons. The average Bonchev–Trinajstić information content (AvgIpc) is 2.61. The molecule has 0 aliphatic carbocycles. The van der Waals surface area contributed by atoms with Crippen molar-refractivity contribution in [3.63, 3.8) is 0 Å². The number of rotatable bonds is 7. The van der Waals surface area contributed by atoms with Gasteiger partial charge in [0.1, 0.15) is 17.4 Å². The van der Waals surface area contributed by atoms with Gasteiger partial charge in [-0.1, -0.05) is 37.6 Å². The van der Waals surface area contributed by atoms with E-state index >= 15 is 0 Å². The molecule has 0 spiro atoms. The number of ether oxygens (including phenoxy) is 1. The third kappa shape index (κ3) is 5.82. The van der Waals surface area contributed by atoms with Gasteiger partial charge in [-0.25, -0.2) is 0 Å². The standard InChI is InChI=1S/C21H22N2O2/c1-3-4-12-25-20-10-8-17(9-11-20)14-18(15-22)21(24)23-19-7-5-6-16(2)13-19/h5-11,13-14H,3-4,12H2,1-2H3,(H,23,24)/b18-14+. The van der Waals surface area contributed by atoms with Gasteiger partial charge in [-0.2, -0.15) is 5.26 Å². The Bertz CT molecular complexity index is 786. The van der Waals surface area contributed by atoms with E-state index in [0.717, 1.165) is 29.7 Å². The lowest BCUT2D eigenvalue weighted by molar-refractivity contribution is -0.112. The van der Waals surface area contributed by atoms with Crippen molar-refractivity contribution in [3.05, 3.63) is 65.2 Å². The smallest absolute Gasteiger partial charge is 0.266 e. The molecular weight excluding hydrogens is 312 g/mol. The fourth-order valence-corrected chi connectivity index (χ4v) is 2.23. The van der Waals surface area contributed by atoms with Crippen LogP contribution in [0.2, 0.25) is 0 Å². The van der Waals surface area contributed by atoms with Crippen LogP contribution in [0, 0.1) is 18.3 Å². The Morgan fingerprint density at radius 3 is 2.64 bits per heavy atom. The monoisotopic (exact) mass is 334 g/mol. The Hall–Kier alpha value is -3.06. The van der Waals surface area contributed by atoms with Crippen LogP contribution in [-0.4, -0.2) is 12.5 Å².